The lowest BCUT2D eigenvalue weighted by atomic mass is 9.91. The zero-order valence-corrected chi connectivity index (χ0v) is 11.9. The first kappa shape index (κ1) is 14.9. The van der Waals surface area contributed by atoms with Crippen LogP contribution in [-0.2, 0) is 9.53 Å². The molecule has 2 atom stereocenters. The van der Waals surface area contributed by atoms with Crippen LogP contribution < -0.4 is 9.47 Å². The highest BCUT2D eigenvalue weighted by Crippen LogP contribution is 2.37. The fourth-order valence-corrected chi connectivity index (χ4v) is 2.35. The van der Waals surface area contributed by atoms with Gasteiger partial charge in [-0.3, -0.25) is 0 Å². The molecule has 5 nitrogen and oxygen atoms in total. The predicted octanol–water partition coefficient (Wildman–Crippen LogP) is 1.75. The van der Waals surface area contributed by atoms with E-state index in [1.165, 1.54) is 7.11 Å². The minimum absolute atomic E-state index is 0.0472. The fourth-order valence-electron chi connectivity index (χ4n) is 2.22. The van der Waals surface area contributed by atoms with Gasteiger partial charge in [-0.25, -0.2) is 4.79 Å². The minimum atomic E-state index is -1.49. The third-order valence-electron chi connectivity index (χ3n) is 3.29. The minimum Gasteiger partial charge on any atom is -0.487 e. The van der Waals surface area contributed by atoms with Crippen LogP contribution in [0, 0.1) is 0 Å². The Morgan fingerprint density at radius 3 is 2.85 bits per heavy atom. The summed E-state index contributed by atoms with van der Waals surface area (Å²) in [7, 11) is 1.26. The number of alkyl halides is 1. The summed E-state index contributed by atoms with van der Waals surface area (Å²) < 4.78 is 16.1. The average Bonchev–Trinajstić information content (AvgIpc) is 2.62. The maximum Gasteiger partial charge on any atom is 0.353 e. The van der Waals surface area contributed by atoms with Crippen LogP contribution in [0.2, 0.25) is 0 Å². The van der Waals surface area contributed by atoms with Crippen LogP contribution in [-0.4, -0.2) is 42.4 Å². The van der Waals surface area contributed by atoms with Gasteiger partial charge in [-0.1, -0.05) is 12.1 Å². The molecule has 2 unspecified atom stereocenters. The number of rotatable bonds is 4. The Balaban J connectivity index is 2.40. The lowest BCUT2D eigenvalue weighted by molar-refractivity contribution is -0.171. The number of hydrogen-bond donors (Lipinski definition) is 1. The zero-order valence-electron chi connectivity index (χ0n) is 11.2. The monoisotopic (exact) mass is 300 g/mol. The van der Waals surface area contributed by atoms with E-state index in [-0.39, 0.29) is 13.0 Å². The molecule has 1 aliphatic heterocycles. The van der Waals surface area contributed by atoms with E-state index in [0.717, 1.165) is 0 Å². The lowest BCUT2D eigenvalue weighted by Gasteiger charge is -2.33. The van der Waals surface area contributed by atoms with Gasteiger partial charge in [0.15, 0.2) is 11.5 Å². The van der Waals surface area contributed by atoms with Gasteiger partial charge in [0.05, 0.1) is 7.11 Å². The molecule has 1 aliphatic rings. The third kappa shape index (κ3) is 2.69. The van der Waals surface area contributed by atoms with Crippen LogP contribution in [0.15, 0.2) is 24.3 Å². The number of aliphatic hydroxyl groups excluding tert-OH is 1. The van der Waals surface area contributed by atoms with E-state index < -0.39 is 17.7 Å². The standard InChI is InChI=1S/C14H17ClO5/c1-18-13(17)14(7-4-8-15)12(16)9-19-10-5-2-3-6-11(10)20-14/h2-3,5-6,12,16H,4,7-9H2,1H3. The van der Waals surface area contributed by atoms with Crippen molar-refractivity contribution in [2.45, 2.75) is 24.5 Å². The van der Waals surface area contributed by atoms with Crippen molar-refractivity contribution in [3.05, 3.63) is 24.3 Å². The molecule has 0 aliphatic carbocycles. The summed E-state index contributed by atoms with van der Waals surface area (Å²) in [6, 6.07) is 6.96. The molecule has 1 aromatic carbocycles. The molecule has 0 amide bonds. The molecule has 0 radical (unpaired) electrons. The van der Waals surface area contributed by atoms with Crippen molar-refractivity contribution in [3.63, 3.8) is 0 Å². The van der Waals surface area contributed by atoms with Crippen LogP contribution in [0.25, 0.3) is 0 Å². The molecule has 20 heavy (non-hydrogen) atoms. The van der Waals surface area contributed by atoms with Crippen LogP contribution in [0.5, 0.6) is 11.5 Å². The van der Waals surface area contributed by atoms with Crippen LogP contribution in [0.3, 0.4) is 0 Å². The number of benzene rings is 1. The predicted molar refractivity (Wildman–Crippen MR) is 73.3 cm³/mol. The molecule has 2 rings (SSSR count). The molecule has 0 fully saturated rings. The molecule has 1 aromatic rings. The number of hydrogen-bond acceptors (Lipinski definition) is 5. The first-order valence-electron chi connectivity index (χ1n) is 6.37. The second kappa shape index (κ2) is 6.33. The Bertz CT molecular complexity index is 478. The summed E-state index contributed by atoms with van der Waals surface area (Å²) >= 11 is 5.70. The zero-order chi connectivity index (χ0) is 14.6. The number of fused-ring (bicyclic) bond motifs is 1. The number of esters is 1. The Hall–Kier alpha value is -1.46. The maximum atomic E-state index is 12.2. The van der Waals surface area contributed by atoms with E-state index in [2.05, 4.69) is 0 Å². The Morgan fingerprint density at radius 1 is 1.50 bits per heavy atom. The van der Waals surface area contributed by atoms with E-state index in [1.807, 2.05) is 0 Å². The summed E-state index contributed by atoms with van der Waals surface area (Å²) in [5.41, 5.74) is -1.49. The Labute approximate surface area is 122 Å². The van der Waals surface area contributed by atoms with Crippen molar-refractivity contribution in [1.82, 2.24) is 0 Å². The van der Waals surface area contributed by atoms with Gasteiger partial charge in [-0.05, 0) is 18.6 Å². The summed E-state index contributed by atoms with van der Waals surface area (Å²) in [6.45, 7) is -0.0472. The molecule has 1 N–H and O–H groups in total. The van der Waals surface area contributed by atoms with Gasteiger partial charge in [0.2, 0.25) is 5.60 Å². The first-order valence-corrected chi connectivity index (χ1v) is 6.91. The first-order chi connectivity index (χ1) is 9.64. The molecule has 0 bridgehead atoms. The van der Waals surface area contributed by atoms with E-state index in [9.17, 15) is 9.90 Å². The second-order valence-corrected chi connectivity index (χ2v) is 4.93. The molecular formula is C14H17ClO5. The normalized spacial score (nSPS) is 24.9. The van der Waals surface area contributed by atoms with Crippen LogP contribution in [0.1, 0.15) is 12.8 Å². The van der Waals surface area contributed by atoms with Gasteiger partial charge >= 0.3 is 5.97 Å². The summed E-state index contributed by atoms with van der Waals surface area (Å²) in [5.74, 6) is 0.625. The number of halogens is 1. The molecular weight excluding hydrogens is 284 g/mol. The van der Waals surface area contributed by atoms with Crippen molar-refractivity contribution >= 4 is 17.6 Å². The molecule has 1 heterocycles. The molecule has 0 saturated carbocycles. The number of carbonyl (C=O) groups excluding carboxylic acids is 1. The highest BCUT2D eigenvalue weighted by molar-refractivity contribution is 6.17. The van der Waals surface area contributed by atoms with Crippen molar-refractivity contribution < 1.29 is 24.1 Å². The van der Waals surface area contributed by atoms with E-state index in [0.29, 0.717) is 23.8 Å². The van der Waals surface area contributed by atoms with Crippen molar-refractivity contribution in [1.29, 1.82) is 0 Å². The smallest absolute Gasteiger partial charge is 0.353 e. The van der Waals surface area contributed by atoms with Gasteiger partial charge in [-0.2, -0.15) is 0 Å². The van der Waals surface area contributed by atoms with Crippen molar-refractivity contribution in [3.8, 4) is 11.5 Å². The molecule has 0 aromatic heterocycles. The molecule has 0 saturated heterocycles. The summed E-state index contributed by atoms with van der Waals surface area (Å²) in [5, 5.41) is 10.3. The van der Waals surface area contributed by atoms with Crippen molar-refractivity contribution in [2.24, 2.45) is 0 Å². The number of carbonyl (C=O) groups is 1. The largest absolute Gasteiger partial charge is 0.487 e. The third-order valence-corrected chi connectivity index (χ3v) is 3.56. The summed E-state index contributed by atoms with van der Waals surface area (Å²) in [4.78, 5) is 12.2. The molecule has 0 spiro atoms. The second-order valence-electron chi connectivity index (χ2n) is 4.55. The topological polar surface area (TPSA) is 65.0 Å². The Kier molecular flexibility index (Phi) is 4.73. The highest BCUT2D eigenvalue weighted by Gasteiger charge is 2.50. The van der Waals surface area contributed by atoms with Gasteiger partial charge < -0.3 is 19.3 Å². The summed E-state index contributed by atoms with van der Waals surface area (Å²) in [6.07, 6.45) is -0.372. The van der Waals surface area contributed by atoms with Gasteiger partial charge in [0.1, 0.15) is 12.7 Å². The highest BCUT2D eigenvalue weighted by atomic mass is 35.5. The van der Waals surface area contributed by atoms with Gasteiger partial charge in [0, 0.05) is 12.3 Å². The van der Waals surface area contributed by atoms with E-state index in [1.54, 1.807) is 24.3 Å². The quantitative estimate of drug-likeness (QED) is 0.678. The fraction of sp³-hybridized carbons (Fsp3) is 0.500. The Morgan fingerprint density at radius 2 is 2.20 bits per heavy atom. The lowest BCUT2D eigenvalue weighted by Crippen LogP contribution is -2.56. The van der Waals surface area contributed by atoms with Crippen molar-refractivity contribution in [2.75, 3.05) is 19.6 Å². The SMILES string of the molecule is COC(=O)C1(CCCCl)Oc2ccccc2OCC1O. The molecule has 6 heteroatoms. The number of aliphatic hydroxyl groups is 1. The number of methoxy groups -OCH3 is 1. The maximum absolute atomic E-state index is 12.2. The number of para-hydroxylation sites is 2. The van der Waals surface area contributed by atoms with Crippen LogP contribution >= 0.6 is 11.6 Å². The van der Waals surface area contributed by atoms with Crippen LogP contribution in [0.4, 0.5) is 0 Å². The number of ether oxygens (including phenoxy) is 3. The van der Waals surface area contributed by atoms with E-state index in [4.69, 9.17) is 25.8 Å². The van der Waals surface area contributed by atoms with Gasteiger partial charge in [0.25, 0.3) is 0 Å². The van der Waals surface area contributed by atoms with Gasteiger partial charge in [-0.15, -0.1) is 11.6 Å². The molecule has 110 valence electrons. The average molecular weight is 301 g/mol. The van der Waals surface area contributed by atoms with E-state index >= 15 is 0 Å².